The van der Waals surface area contributed by atoms with E-state index in [4.69, 9.17) is 4.74 Å². The van der Waals surface area contributed by atoms with Gasteiger partial charge in [0.2, 0.25) is 11.8 Å². The maximum absolute atomic E-state index is 12.4. The molecular formula is C19H21BrN2O3. The van der Waals surface area contributed by atoms with Crippen LogP contribution in [0, 0.1) is 6.92 Å². The van der Waals surface area contributed by atoms with Gasteiger partial charge in [0.25, 0.3) is 0 Å². The summed E-state index contributed by atoms with van der Waals surface area (Å²) in [4.78, 5) is 23.9. The number of hydrogen-bond donors (Lipinski definition) is 2. The molecule has 6 heteroatoms. The van der Waals surface area contributed by atoms with E-state index in [9.17, 15) is 9.59 Å². The second-order valence-corrected chi connectivity index (χ2v) is 6.65. The summed E-state index contributed by atoms with van der Waals surface area (Å²) in [6.07, 6.45) is 0.140. The molecule has 132 valence electrons. The number of carbonyl (C=O) groups is 2. The van der Waals surface area contributed by atoms with Crippen LogP contribution in [0.1, 0.15) is 30.5 Å². The molecule has 2 rings (SSSR count). The Morgan fingerprint density at radius 1 is 1.16 bits per heavy atom. The summed E-state index contributed by atoms with van der Waals surface area (Å²) in [6.45, 7) is 3.36. The Balaban J connectivity index is 2.12. The van der Waals surface area contributed by atoms with E-state index in [1.807, 2.05) is 37.3 Å². The average Bonchev–Trinajstić information content (AvgIpc) is 2.56. The van der Waals surface area contributed by atoms with Gasteiger partial charge in [-0.1, -0.05) is 28.1 Å². The van der Waals surface area contributed by atoms with Crippen LogP contribution in [0.25, 0.3) is 0 Å². The zero-order valence-corrected chi connectivity index (χ0v) is 16.0. The molecule has 0 aromatic heterocycles. The van der Waals surface area contributed by atoms with Gasteiger partial charge in [-0.3, -0.25) is 9.59 Å². The Morgan fingerprint density at radius 2 is 1.84 bits per heavy atom. The van der Waals surface area contributed by atoms with Crippen molar-refractivity contribution in [3.8, 4) is 5.75 Å². The molecule has 25 heavy (non-hydrogen) atoms. The van der Waals surface area contributed by atoms with Crippen molar-refractivity contribution in [1.82, 2.24) is 5.32 Å². The number of aryl methyl sites for hydroxylation is 1. The largest absolute Gasteiger partial charge is 0.497 e. The van der Waals surface area contributed by atoms with E-state index in [0.29, 0.717) is 0 Å². The first-order valence-corrected chi connectivity index (χ1v) is 8.65. The number of carbonyl (C=O) groups excluding carboxylic acids is 2. The maximum atomic E-state index is 12.4. The van der Waals surface area contributed by atoms with Gasteiger partial charge in [-0.25, -0.2) is 0 Å². The molecule has 0 spiro atoms. The van der Waals surface area contributed by atoms with Crippen LogP contribution in [0.3, 0.4) is 0 Å². The van der Waals surface area contributed by atoms with Crippen LogP contribution in [0.15, 0.2) is 46.9 Å². The quantitative estimate of drug-likeness (QED) is 0.764. The molecule has 5 nitrogen and oxygen atoms in total. The van der Waals surface area contributed by atoms with Crippen molar-refractivity contribution in [2.45, 2.75) is 26.3 Å². The van der Waals surface area contributed by atoms with Crippen LogP contribution in [0.2, 0.25) is 0 Å². The number of amides is 2. The third-order valence-electron chi connectivity index (χ3n) is 3.75. The van der Waals surface area contributed by atoms with Crippen LogP contribution in [0.4, 0.5) is 5.69 Å². The van der Waals surface area contributed by atoms with Gasteiger partial charge < -0.3 is 15.4 Å². The molecule has 2 N–H and O–H groups in total. The molecule has 0 radical (unpaired) electrons. The highest BCUT2D eigenvalue weighted by molar-refractivity contribution is 9.10. The summed E-state index contributed by atoms with van der Waals surface area (Å²) in [6, 6.07) is 12.6. The van der Waals surface area contributed by atoms with Gasteiger partial charge in [0.15, 0.2) is 0 Å². The Bertz CT molecular complexity index is 760. The standard InChI is InChI=1S/C19H21BrN2O3/c1-12-10-15(20)6-9-17(12)22-19(24)11-18(21-13(2)23)14-4-7-16(25-3)8-5-14/h4-10,18H,11H2,1-3H3,(H,21,23)(H,22,24). The number of anilines is 1. The molecule has 0 aliphatic carbocycles. The van der Waals surface area contributed by atoms with Crippen molar-refractivity contribution >= 4 is 33.4 Å². The van der Waals surface area contributed by atoms with E-state index in [1.54, 1.807) is 19.2 Å². The number of nitrogens with one attached hydrogen (secondary N) is 2. The van der Waals surface area contributed by atoms with Gasteiger partial charge >= 0.3 is 0 Å². The lowest BCUT2D eigenvalue weighted by Crippen LogP contribution is -2.29. The number of hydrogen-bond acceptors (Lipinski definition) is 3. The SMILES string of the molecule is COc1ccc(C(CC(=O)Nc2ccc(Br)cc2C)NC(C)=O)cc1. The maximum Gasteiger partial charge on any atom is 0.226 e. The fourth-order valence-electron chi connectivity index (χ4n) is 2.49. The molecule has 0 saturated heterocycles. The molecule has 1 unspecified atom stereocenters. The first kappa shape index (κ1) is 19.0. The average molecular weight is 405 g/mol. The van der Waals surface area contributed by atoms with Crippen molar-refractivity contribution in [3.05, 3.63) is 58.1 Å². The van der Waals surface area contributed by atoms with E-state index in [0.717, 1.165) is 27.0 Å². The van der Waals surface area contributed by atoms with Gasteiger partial charge in [0.05, 0.1) is 19.6 Å². The molecule has 0 aliphatic heterocycles. The minimum atomic E-state index is -0.404. The highest BCUT2D eigenvalue weighted by Gasteiger charge is 2.18. The van der Waals surface area contributed by atoms with Crippen LogP contribution in [-0.2, 0) is 9.59 Å². The fraction of sp³-hybridized carbons (Fsp3) is 0.263. The second-order valence-electron chi connectivity index (χ2n) is 5.74. The predicted octanol–water partition coefficient (Wildman–Crippen LogP) is 3.97. The summed E-state index contributed by atoms with van der Waals surface area (Å²) in [5.74, 6) is 0.369. The summed E-state index contributed by atoms with van der Waals surface area (Å²) in [7, 11) is 1.59. The van der Waals surface area contributed by atoms with Crippen molar-refractivity contribution in [2.24, 2.45) is 0 Å². The molecule has 0 bridgehead atoms. The van der Waals surface area contributed by atoms with E-state index in [1.165, 1.54) is 6.92 Å². The van der Waals surface area contributed by atoms with Crippen LogP contribution in [0.5, 0.6) is 5.75 Å². The van der Waals surface area contributed by atoms with Crippen molar-refractivity contribution in [3.63, 3.8) is 0 Å². The zero-order valence-electron chi connectivity index (χ0n) is 14.4. The summed E-state index contributed by atoms with van der Waals surface area (Å²) < 4.78 is 6.10. The second kappa shape index (κ2) is 8.67. The highest BCUT2D eigenvalue weighted by Crippen LogP contribution is 2.23. The smallest absolute Gasteiger partial charge is 0.226 e. The molecule has 2 aromatic rings. The molecule has 2 amide bonds. The van der Waals surface area contributed by atoms with Crippen LogP contribution in [-0.4, -0.2) is 18.9 Å². The Kier molecular flexibility index (Phi) is 6.58. The third-order valence-corrected chi connectivity index (χ3v) is 4.24. The van der Waals surface area contributed by atoms with Crippen LogP contribution >= 0.6 is 15.9 Å². The van der Waals surface area contributed by atoms with Crippen LogP contribution < -0.4 is 15.4 Å². The summed E-state index contributed by atoms with van der Waals surface area (Å²) in [5, 5.41) is 5.72. The Morgan fingerprint density at radius 3 is 2.40 bits per heavy atom. The number of benzene rings is 2. The minimum absolute atomic E-state index is 0.140. The van der Waals surface area contributed by atoms with Gasteiger partial charge in [-0.15, -0.1) is 0 Å². The first-order chi connectivity index (χ1) is 11.9. The van der Waals surface area contributed by atoms with Gasteiger partial charge in [-0.2, -0.15) is 0 Å². The summed E-state index contributed by atoms with van der Waals surface area (Å²) >= 11 is 3.40. The molecular weight excluding hydrogens is 384 g/mol. The normalized spacial score (nSPS) is 11.5. The molecule has 0 fully saturated rings. The van der Waals surface area contributed by atoms with Gasteiger partial charge in [0.1, 0.15) is 5.75 Å². The number of halogens is 1. The number of rotatable bonds is 6. The van der Waals surface area contributed by atoms with Gasteiger partial charge in [0, 0.05) is 17.1 Å². The molecule has 2 aromatic carbocycles. The van der Waals surface area contributed by atoms with Gasteiger partial charge in [-0.05, 0) is 48.4 Å². The first-order valence-electron chi connectivity index (χ1n) is 7.86. The fourth-order valence-corrected chi connectivity index (χ4v) is 2.96. The molecule has 0 saturated carbocycles. The molecule has 0 heterocycles. The summed E-state index contributed by atoms with van der Waals surface area (Å²) in [5.41, 5.74) is 2.56. The van der Waals surface area contributed by atoms with E-state index >= 15 is 0 Å². The lowest BCUT2D eigenvalue weighted by Gasteiger charge is -2.19. The Hall–Kier alpha value is -2.34. The predicted molar refractivity (Wildman–Crippen MR) is 102 cm³/mol. The van der Waals surface area contributed by atoms with E-state index < -0.39 is 6.04 Å². The lowest BCUT2D eigenvalue weighted by molar-refractivity contribution is -0.120. The molecule has 1 atom stereocenters. The third kappa shape index (κ3) is 5.60. The minimum Gasteiger partial charge on any atom is -0.497 e. The van der Waals surface area contributed by atoms with Crippen molar-refractivity contribution < 1.29 is 14.3 Å². The van der Waals surface area contributed by atoms with Crippen molar-refractivity contribution in [1.29, 1.82) is 0 Å². The highest BCUT2D eigenvalue weighted by atomic mass is 79.9. The van der Waals surface area contributed by atoms with E-state index in [2.05, 4.69) is 26.6 Å². The zero-order chi connectivity index (χ0) is 18.4. The number of ether oxygens (including phenoxy) is 1. The van der Waals surface area contributed by atoms with Crippen molar-refractivity contribution in [2.75, 3.05) is 12.4 Å². The number of methoxy groups -OCH3 is 1. The molecule has 0 aliphatic rings. The lowest BCUT2D eigenvalue weighted by atomic mass is 10.0. The Labute approximate surface area is 155 Å². The van der Waals surface area contributed by atoms with E-state index in [-0.39, 0.29) is 18.2 Å². The monoisotopic (exact) mass is 404 g/mol. The topological polar surface area (TPSA) is 67.4 Å².